The van der Waals surface area contributed by atoms with Gasteiger partial charge in [-0.3, -0.25) is 0 Å². The highest BCUT2D eigenvalue weighted by Crippen LogP contribution is 2.30. The Hall–Kier alpha value is -1.40. The molecule has 0 saturated heterocycles. The van der Waals surface area contributed by atoms with Gasteiger partial charge in [0, 0.05) is 11.6 Å². The van der Waals surface area contributed by atoms with E-state index in [1.54, 1.807) is 6.92 Å². The van der Waals surface area contributed by atoms with E-state index in [0.29, 0.717) is 16.1 Å². The van der Waals surface area contributed by atoms with E-state index in [9.17, 15) is 8.78 Å². The lowest BCUT2D eigenvalue weighted by Crippen LogP contribution is -2.17. The molecule has 0 radical (unpaired) electrons. The van der Waals surface area contributed by atoms with Crippen LogP contribution < -0.4 is 5.32 Å². The van der Waals surface area contributed by atoms with Crippen molar-refractivity contribution in [2.24, 2.45) is 0 Å². The summed E-state index contributed by atoms with van der Waals surface area (Å²) in [6.45, 7) is 6.39. The molecule has 0 amide bonds. The van der Waals surface area contributed by atoms with Crippen LogP contribution >= 0.6 is 11.3 Å². The number of nitrogens with zero attached hydrogens (tertiary/aromatic N) is 2. The van der Waals surface area contributed by atoms with Crippen LogP contribution in [0.25, 0.3) is 10.6 Å². The Bertz CT molecular complexity index is 583. The summed E-state index contributed by atoms with van der Waals surface area (Å²) in [5.41, 5.74) is 0.694. The van der Waals surface area contributed by atoms with E-state index < -0.39 is 11.6 Å². The SMILES string of the molecule is CCNC(C)c1nnc(-c2cc(C)c(F)cc2F)s1. The molecule has 1 aromatic carbocycles. The first-order chi connectivity index (χ1) is 9.02. The van der Waals surface area contributed by atoms with Crippen molar-refractivity contribution >= 4 is 11.3 Å². The number of hydrogen-bond acceptors (Lipinski definition) is 4. The van der Waals surface area contributed by atoms with Crippen LogP contribution in [-0.2, 0) is 0 Å². The van der Waals surface area contributed by atoms with E-state index in [-0.39, 0.29) is 6.04 Å². The molecule has 2 rings (SSSR count). The Morgan fingerprint density at radius 3 is 2.68 bits per heavy atom. The fourth-order valence-corrected chi connectivity index (χ4v) is 2.62. The van der Waals surface area contributed by atoms with E-state index in [0.717, 1.165) is 17.6 Å². The molecule has 0 fully saturated rings. The van der Waals surface area contributed by atoms with E-state index in [4.69, 9.17) is 0 Å². The van der Waals surface area contributed by atoms with Gasteiger partial charge in [-0.25, -0.2) is 8.78 Å². The monoisotopic (exact) mass is 283 g/mol. The molecule has 1 N–H and O–H groups in total. The zero-order chi connectivity index (χ0) is 14.0. The second kappa shape index (κ2) is 5.71. The fraction of sp³-hybridized carbons (Fsp3) is 0.385. The predicted octanol–water partition coefficient (Wildman–Crippen LogP) is 3.46. The lowest BCUT2D eigenvalue weighted by molar-refractivity contribution is 0.579. The fourth-order valence-electron chi connectivity index (χ4n) is 1.73. The minimum absolute atomic E-state index is 0.0702. The summed E-state index contributed by atoms with van der Waals surface area (Å²) in [4.78, 5) is 0. The lowest BCUT2D eigenvalue weighted by Gasteiger charge is -2.06. The van der Waals surface area contributed by atoms with Crippen LogP contribution in [0.5, 0.6) is 0 Å². The maximum Gasteiger partial charge on any atom is 0.150 e. The highest BCUT2D eigenvalue weighted by molar-refractivity contribution is 7.14. The summed E-state index contributed by atoms with van der Waals surface area (Å²) in [5.74, 6) is -1.16. The molecule has 2 aromatic rings. The number of aromatic nitrogens is 2. The standard InChI is InChI=1S/C13H15F2N3S/c1-4-16-8(3)12-17-18-13(19-12)9-5-7(2)10(14)6-11(9)15/h5-6,8,16H,4H2,1-3H3. The van der Waals surface area contributed by atoms with Crippen molar-refractivity contribution in [3.05, 3.63) is 34.3 Å². The average Bonchev–Trinajstić information content (AvgIpc) is 2.83. The zero-order valence-electron chi connectivity index (χ0n) is 11.0. The number of benzene rings is 1. The van der Waals surface area contributed by atoms with Gasteiger partial charge in [-0.2, -0.15) is 0 Å². The molecular formula is C13H15F2N3S. The molecule has 6 heteroatoms. The van der Waals surface area contributed by atoms with Gasteiger partial charge in [0.25, 0.3) is 0 Å². The normalized spacial score (nSPS) is 12.7. The van der Waals surface area contributed by atoms with Crippen LogP contribution in [0.4, 0.5) is 8.78 Å². The second-order valence-corrected chi connectivity index (χ2v) is 5.32. The molecular weight excluding hydrogens is 268 g/mol. The van der Waals surface area contributed by atoms with Crippen LogP contribution in [0.1, 0.15) is 30.5 Å². The smallest absolute Gasteiger partial charge is 0.150 e. The third-order valence-corrected chi connectivity index (χ3v) is 3.94. The molecule has 0 aliphatic heterocycles. The van der Waals surface area contributed by atoms with Crippen LogP contribution in [0.2, 0.25) is 0 Å². The Morgan fingerprint density at radius 2 is 2.00 bits per heavy atom. The Morgan fingerprint density at radius 1 is 1.26 bits per heavy atom. The first-order valence-corrected chi connectivity index (χ1v) is 6.87. The molecule has 1 aromatic heterocycles. The highest BCUT2D eigenvalue weighted by atomic mass is 32.1. The van der Waals surface area contributed by atoms with Gasteiger partial charge < -0.3 is 5.32 Å². The topological polar surface area (TPSA) is 37.8 Å². The number of nitrogens with one attached hydrogen (secondary N) is 1. The minimum Gasteiger partial charge on any atom is -0.308 e. The predicted molar refractivity (Wildman–Crippen MR) is 72.1 cm³/mol. The van der Waals surface area contributed by atoms with Gasteiger partial charge in [-0.05, 0) is 32.0 Å². The van der Waals surface area contributed by atoms with Crippen LogP contribution in [0.3, 0.4) is 0 Å². The second-order valence-electron chi connectivity index (χ2n) is 4.31. The molecule has 1 atom stereocenters. The molecule has 1 heterocycles. The minimum atomic E-state index is -0.609. The lowest BCUT2D eigenvalue weighted by atomic mass is 10.1. The van der Waals surface area contributed by atoms with Crippen molar-refractivity contribution in [2.75, 3.05) is 6.54 Å². The van der Waals surface area contributed by atoms with Crippen molar-refractivity contribution in [3.8, 4) is 10.6 Å². The Balaban J connectivity index is 2.35. The molecule has 19 heavy (non-hydrogen) atoms. The van der Waals surface area contributed by atoms with E-state index in [1.165, 1.54) is 17.4 Å². The summed E-state index contributed by atoms with van der Waals surface area (Å²) in [5, 5.41) is 12.5. The van der Waals surface area contributed by atoms with Gasteiger partial charge in [0.15, 0.2) is 5.01 Å². The Kier molecular flexibility index (Phi) is 4.21. The van der Waals surface area contributed by atoms with E-state index in [1.807, 2.05) is 13.8 Å². The van der Waals surface area contributed by atoms with Gasteiger partial charge in [0.05, 0.1) is 6.04 Å². The summed E-state index contributed by atoms with van der Waals surface area (Å²) in [7, 11) is 0. The molecule has 0 bridgehead atoms. The third kappa shape index (κ3) is 2.96. The van der Waals surface area contributed by atoms with Crippen molar-refractivity contribution in [3.63, 3.8) is 0 Å². The average molecular weight is 283 g/mol. The van der Waals surface area contributed by atoms with Crippen molar-refractivity contribution in [1.82, 2.24) is 15.5 Å². The van der Waals surface area contributed by atoms with Gasteiger partial charge in [-0.1, -0.05) is 18.3 Å². The third-order valence-electron chi connectivity index (χ3n) is 2.80. The quantitative estimate of drug-likeness (QED) is 0.933. The molecule has 1 unspecified atom stereocenters. The van der Waals surface area contributed by atoms with Crippen LogP contribution in [-0.4, -0.2) is 16.7 Å². The number of halogens is 2. The van der Waals surface area contributed by atoms with Crippen LogP contribution in [0, 0.1) is 18.6 Å². The molecule has 102 valence electrons. The van der Waals surface area contributed by atoms with E-state index in [2.05, 4.69) is 15.5 Å². The first kappa shape index (κ1) is 14.0. The summed E-state index contributed by atoms with van der Waals surface area (Å²) < 4.78 is 27.0. The van der Waals surface area contributed by atoms with Gasteiger partial charge in [0.1, 0.15) is 16.6 Å². The number of hydrogen-bond donors (Lipinski definition) is 1. The van der Waals surface area contributed by atoms with Crippen LogP contribution in [0.15, 0.2) is 12.1 Å². The van der Waals surface area contributed by atoms with Crippen molar-refractivity contribution in [2.45, 2.75) is 26.8 Å². The Labute approximate surface area is 114 Å². The number of rotatable bonds is 4. The number of aryl methyl sites for hydroxylation is 1. The summed E-state index contributed by atoms with van der Waals surface area (Å²) in [6.07, 6.45) is 0. The van der Waals surface area contributed by atoms with Crippen molar-refractivity contribution in [1.29, 1.82) is 0 Å². The molecule has 3 nitrogen and oxygen atoms in total. The molecule has 0 aliphatic rings. The zero-order valence-corrected chi connectivity index (χ0v) is 11.8. The maximum atomic E-state index is 13.8. The summed E-state index contributed by atoms with van der Waals surface area (Å²) >= 11 is 1.32. The van der Waals surface area contributed by atoms with Crippen molar-refractivity contribution < 1.29 is 8.78 Å². The van der Waals surface area contributed by atoms with E-state index >= 15 is 0 Å². The molecule has 0 saturated carbocycles. The van der Waals surface area contributed by atoms with Gasteiger partial charge in [0.2, 0.25) is 0 Å². The molecule has 0 spiro atoms. The molecule has 0 aliphatic carbocycles. The maximum absolute atomic E-state index is 13.8. The van der Waals surface area contributed by atoms with Gasteiger partial charge >= 0.3 is 0 Å². The largest absolute Gasteiger partial charge is 0.308 e. The summed E-state index contributed by atoms with van der Waals surface area (Å²) in [6, 6.07) is 2.42. The van der Waals surface area contributed by atoms with Gasteiger partial charge in [-0.15, -0.1) is 10.2 Å². The first-order valence-electron chi connectivity index (χ1n) is 6.05. The highest BCUT2D eigenvalue weighted by Gasteiger charge is 2.16.